The number of rotatable bonds is 3. The molecule has 0 aromatic carbocycles. The van der Waals surface area contributed by atoms with E-state index >= 15 is 0 Å². The number of ether oxygens (including phenoxy) is 1. The average molecular weight is 376 g/mol. The van der Waals surface area contributed by atoms with E-state index in [1.807, 2.05) is 19.9 Å². The molecule has 0 saturated heterocycles. The van der Waals surface area contributed by atoms with Gasteiger partial charge in [0.2, 0.25) is 0 Å². The van der Waals surface area contributed by atoms with Crippen molar-refractivity contribution >= 4 is 5.78 Å². The summed E-state index contributed by atoms with van der Waals surface area (Å²) in [5.41, 5.74) is -2.42. The van der Waals surface area contributed by atoms with E-state index < -0.39 is 17.1 Å². The summed E-state index contributed by atoms with van der Waals surface area (Å²) in [6, 6.07) is 0. The number of allylic oxidation sites excluding steroid dienone is 1. The second-order valence-corrected chi connectivity index (χ2v) is 9.73. The van der Waals surface area contributed by atoms with Crippen LogP contribution in [0.25, 0.3) is 0 Å². The molecule has 1 unspecified atom stereocenters. The first-order valence-electron chi connectivity index (χ1n) is 10.2. The van der Waals surface area contributed by atoms with Gasteiger partial charge in [-0.05, 0) is 30.4 Å². The highest BCUT2D eigenvalue weighted by atomic mass is 16.5. The van der Waals surface area contributed by atoms with Crippen LogP contribution in [0.4, 0.5) is 0 Å². The van der Waals surface area contributed by atoms with Crippen LogP contribution in [0.5, 0.6) is 0 Å². The van der Waals surface area contributed by atoms with Crippen molar-refractivity contribution in [3.8, 4) is 0 Å². The maximum absolute atomic E-state index is 12.8. The van der Waals surface area contributed by atoms with E-state index in [-0.39, 0.29) is 47.6 Å². The van der Waals surface area contributed by atoms with Gasteiger partial charge in [-0.15, -0.1) is 0 Å². The molecule has 3 N–H and O–H groups in total. The summed E-state index contributed by atoms with van der Waals surface area (Å²) in [4.78, 5) is 12.8. The number of carbonyl (C=O) groups is 1. The molecule has 0 heterocycles. The molecule has 5 heteroatoms. The molecule has 7 atom stereocenters. The first-order chi connectivity index (χ1) is 12.5. The second kappa shape index (κ2) is 5.53. The zero-order valence-corrected chi connectivity index (χ0v) is 17.0. The van der Waals surface area contributed by atoms with Crippen LogP contribution in [-0.4, -0.2) is 51.1 Å². The number of aliphatic hydroxyl groups is 3. The minimum absolute atomic E-state index is 0.0544. The highest BCUT2D eigenvalue weighted by molar-refractivity contribution is 5.98. The van der Waals surface area contributed by atoms with Gasteiger partial charge in [0.15, 0.2) is 11.4 Å². The zero-order valence-electron chi connectivity index (χ0n) is 17.0. The van der Waals surface area contributed by atoms with E-state index in [2.05, 4.69) is 13.8 Å². The summed E-state index contributed by atoms with van der Waals surface area (Å²) in [5.74, 6) is -1.14. The Morgan fingerprint density at radius 3 is 2.48 bits per heavy atom. The maximum atomic E-state index is 12.8. The van der Waals surface area contributed by atoms with Crippen molar-refractivity contribution in [1.82, 2.24) is 0 Å². The van der Waals surface area contributed by atoms with Crippen molar-refractivity contribution in [1.29, 1.82) is 0 Å². The molecule has 4 aliphatic carbocycles. The van der Waals surface area contributed by atoms with Gasteiger partial charge in [0, 0.05) is 36.2 Å². The topological polar surface area (TPSA) is 87.0 Å². The third kappa shape index (κ3) is 2.06. The third-order valence-electron chi connectivity index (χ3n) is 8.13. The Kier molecular flexibility index (Phi) is 3.96. The normalized spacial score (nSPS) is 50.1. The highest BCUT2D eigenvalue weighted by Gasteiger charge is 2.81. The van der Waals surface area contributed by atoms with Crippen molar-refractivity contribution in [2.24, 2.45) is 29.1 Å². The molecular formula is C22H32O5. The van der Waals surface area contributed by atoms with Crippen LogP contribution in [0.2, 0.25) is 0 Å². The van der Waals surface area contributed by atoms with Gasteiger partial charge in [0.05, 0.1) is 17.8 Å². The number of carbonyl (C=O) groups excluding carboxylic acids is 1. The molecule has 4 aliphatic rings. The van der Waals surface area contributed by atoms with Gasteiger partial charge in [-0.25, -0.2) is 0 Å². The van der Waals surface area contributed by atoms with Gasteiger partial charge in [0.25, 0.3) is 0 Å². The van der Waals surface area contributed by atoms with Gasteiger partial charge in [0.1, 0.15) is 0 Å². The number of ketones is 1. The van der Waals surface area contributed by atoms with Crippen LogP contribution in [0.15, 0.2) is 23.3 Å². The molecule has 0 amide bonds. The molecule has 0 aliphatic heterocycles. The predicted octanol–water partition coefficient (Wildman–Crippen LogP) is 2.00. The number of fused-ring (bicyclic) bond motifs is 5. The van der Waals surface area contributed by atoms with Gasteiger partial charge in [-0.3, -0.25) is 4.79 Å². The molecule has 0 spiro atoms. The van der Waals surface area contributed by atoms with Crippen molar-refractivity contribution in [2.75, 3.05) is 13.2 Å². The van der Waals surface area contributed by atoms with E-state index in [0.29, 0.717) is 24.2 Å². The van der Waals surface area contributed by atoms with Crippen molar-refractivity contribution in [2.45, 2.75) is 64.3 Å². The van der Waals surface area contributed by atoms with E-state index in [9.17, 15) is 20.1 Å². The van der Waals surface area contributed by atoms with Gasteiger partial charge in [-0.1, -0.05) is 39.8 Å². The smallest absolute Gasteiger partial charge is 0.175 e. The lowest BCUT2D eigenvalue weighted by Gasteiger charge is -2.48. The Bertz CT molecular complexity index is 752. The van der Waals surface area contributed by atoms with Crippen LogP contribution in [0, 0.1) is 29.1 Å². The number of hydrogen-bond donors (Lipinski definition) is 3. The van der Waals surface area contributed by atoms with Gasteiger partial charge >= 0.3 is 0 Å². The zero-order chi connectivity index (χ0) is 20.0. The molecule has 0 bridgehead atoms. The summed E-state index contributed by atoms with van der Waals surface area (Å²) in [6.07, 6.45) is 4.43. The SMILES string of the molecule is CCO[C@@]12C[C@@H](C)[C@]3(O)C4=CC(C)C(=O)[C@@]4(O)CC(CO)=C[C@H]3[C@@H]1C2(C)C. The Balaban J connectivity index is 1.91. The van der Waals surface area contributed by atoms with Crippen LogP contribution < -0.4 is 0 Å². The molecule has 27 heavy (non-hydrogen) atoms. The lowest BCUT2D eigenvalue weighted by molar-refractivity contribution is -0.141. The number of hydrogen-bond acceptors (Lipinski definition) is 5. The van der Waals surface area contributed by atoms with Crippen LogP contribution in [-0.2, 0) is 9.53 Å². The molecule has 0 radical (unpaired) electrons. The fourth-order valence-corrected chi connectivity index (χ4v) is 6.81. The quantitative estimate of drug-likeness (QED) is 0.656. The van der Waals surface area contributed by atoms with E-state index in [1.165, 1.54) is 0 Å². The van der Waals surface area contributed by atoms with E-state index in [0.717, 1.165) is 0 Å². The molecule has 4 rings (SSSR count). The molecule has 5 nitrogen and oxygen atoms in total. The lowest BCUT2D eigenvalue weighted by Crippen LogP contribution is -2.57. The fraction of sp³-hybridized carbons (Fsp3) is 0.773. The molecule has 2 fully saturated rings. The van der Waals surface area contributed by atoms with Gasteiger partial charge in [-0.2, -0.15) is 0 Å². The van der Waals surface area contributed by atoms with E-state index in [4.69, 9.17) is 4.74 Å². The second-order valence-electron chi connectivity index (χ2n) is 9.73. The van der Waals surface area contributed by atoms with Crippen molar-refractivity contribution in [3.63, 3.8) is 0 Å². The molecule has 0 aromatic heterocycles. The minimum Gasteiger partial charge on any atom is -0.392 e. The molecule has 150 valence electrons. The summed E-state index contributed by atoms with van der Waals surface area (Å²) in [6.45, 7) is 10.5. The third-order valence-corrected chi connectivity index (χ3v) is 8.13. The predicted molar refractivity (Wildman–Crippen MR) is 101 cm³/mol. The number of Topliss-reactive ketones (excluding diaryl/α,β-unsaturated/α-hetero) is 1. The Hall–Kier alpha value is -1.01. The summed E-state index contributed by atoms with van der Waals surface area (Å²) >= 11 is 0. The van der Waals surface area contributed by atoms with Crippen LogP contribution in [0.1, 0.15) is 47.5 Å². The van der Waals surface area contributed by atoms with Crippen LogP contribution >= 0.6 is 0 Å². The van der Waals surface area contributed by atoms with Crippen molar-refractivity contribution < 1.29 is 24.9 Å². The lowest BCUT2D eigenvalue weighted by atomic mass is 9.62. The summed E-state index contributed by atoms with van der Waals surface area (Å²) in [7, 11) is 0. The van der Waals surface area contributed by atoms with Crippen LogP contribution in [0.3, 0.4) is 0 Å². The Labute approximate surface area is 161 Å². The maximum Gasteiger partial charge on any atom is 0.175 e. The van der Waals surface area contributed by atoms with Crippen molar-refractivity contribution in [3.05, 3.63) is 23.3 Å². The summed E-state index contributed by atoms with van der Waals surface area (Å²) < 4.78 is 6.26. The molecule has 2 saturated carbocycles. The highest BCUT2D eigenvalue weighted by Crippen LogP contribution is 2.76. The molecule has 0 aromatic rings. The van der Waals surface area contributed by atoms with Gasteiger partial charge < -0.3 is 20.1 Å². The number of aliphatic hydroxyl groups excluding tert-OH is 1. The summed E-state index contributed by atoms with van der Waals surface area (Å²) in [5, 5.41) is 33.4. The Morgan fingerprint density at radius 1 is 1.22 bits per heavy atom. The van der Waals surface area contributed by atoms with E-state index in [1.54, 1.807) is 13.0 Å². The largest absolute Gasteiger partial charge is 0.392 e. The first kappa shape index (κ1) is 19.3. The minimum atomic E-state index is -1.73. The fourth-order valence-electron chi connectivity index (χ4n) is 6.81. The average Bonchev–Trinajstić information content (AvgIpc) is 3.00. The standard InChI is InChI=1S/C22H32O5/c1-6-27-21-9-13(3)22(26)15(17(21)19(21,4)5)8-14(11-23)10-20(25)16(22)7-12(2)18(20)24/h7-8,12-13,15,17,23,25-26H,6,9-11H2,1-5H3/t12?,13-,15+,17-,20-,21+,22-/m1/s1. The monoisotopic (exact) mass is 376 g/mol. The molecular weight excluding hydrogens is 344 g/mol. The Morgan fingerprint density at radius 2 is 1.89 bits per heavy atom. The first-order valence-corrected chi connectivity index (χ1v) is 10.2.